The minimum absolute atomic E-state index is 0.611. The predicted molar refractivity (Wildman–Crippen MR) is 93.3 cm³/mol. The smallest absolute Gasteiger partial charge is 0.161 e. The molecule has 1 aliphatic rings. The molecule has 0 fully saturated rings. The summed E-state index contributed by atoms with van der Waals surface area (Å²) in [5, 5.41) is 0. The van der Waals surface area contributed by atoms with Gasteiger partial charge in [-0.1, -0.05) is 62.4 Å². The summed E-state index contributed by atoms with van der Waals surface area (Å²) in [6.45, 7) is 14.9. The molecule has 0 N–H and O–H groups in total. The summed E-state index contributed by atoms with van der Waals surface area (Å²) in [5.74, 6) is 1.59. The fourth-order valence-electron chi connectivity index (χ4n) is 1.82. The van der Waals surface area contributed by atoms with E-state index in [4.69, 9.17) is 16.1 Å². The molecule has 1 aliphatic heterocycles. The molecule has 0 aliphatic carbocycles. The third-order valence-corrected chi connectivity index (χ3v) is 2.94. The molecule has 3 rings (SSSR count). The molecule has 0 unspecified atom stereocenters. The average molecular weight is 297 g/mol. The van der Waals surface area contributed by atoms with Crippen LogP contribution >= 0.6 is 0 Å². The number of rotatable bonds is 1. The van der Waals surface area contributed by atoms with E-state index < -0.39 is 0 Å². The number of allylic oxidation sites excluding steroid dienone is 1. The van der Waals surface area contributed by atoms with Crippen LogP contribution in [-0.4, -0.2) is 13.2 Å². The van der Waals surface area contributed by atoms with Crippen molar-refractivity contribution in [3.63, 3.8) is 0 Å². The van der Waals surface area contributed by atoms with Gasteiger partial charge in [-0.3, -0.25) is 0 Å². The first-order valence-electron chi connectivity index (χ1n) is 7.67. The highest BCUT2D eigenvalue weighted by Gasteiger charge is 2.11. The van der Waals surface area contributed by atoms with Gasteiger partial charge in [-0.05, 0) is 37.1 Å². The summed E-state index contributed by atoms with van der Waals surface area (Å²) in [5.41, 5.74) is 3.10. The van der Waals surface area contributed by atoms with Crippen molar-refractivity contribution in [1.82, 2.24) is 0 Å². The van der Waals surface area contributed by atoms with Crippen molar-refractivity contribution in [2.45, 2.75) is 27.7 Å². The van der Waals surface area contributed by atoms with Crippen molar-refractivity contribution >= 4 is 5.57 Å². The molecule has 2 heteroatoms. The van der Waals surface area contributed by atoms with Gasteiger partial charge in [0.2, 0.25) is 0 Å². The van der Waals surface area contributed by atoms with E-state index in [9.17, 15) is 0 Å². The lowest BCUT2D eigenvalue weighted by atomic mass is 10.1. The van der Waals surface area contributed by atoms with Crippen molar-refractivity contribution in [1.29, 1.82) is 0 Å². The number of benzene rings is 2. The number of hydrogen-bond donors (Lipinski definition) is 0. The molecule has 1 radical (unpaired) electrons. The van der Waals surface area contributed by atoms with E-state index in [1.54, 1.807) is 0 Å². The van der Waals surface area contributed by atoms with Crippen LogP contribution in [0.15, 0.2) is 48.5 Å². The molecule has 22 heavy (non-hydrogen) atoms. The van der Waals surface area contributed by atoms with Crippen LogP contribution in [0.2, 0.25) is 0 Å². The predicted octanol–water partition coefficient (Wildman–Crippen LogP) is 5.32. The Labute approximate surface area is 134 Å². The Kier molecular flexibility index (Phi) is 7.84. The van der Waals surface area contributed by atoms with Crippen LogP contribution in [0.1, 0.15) is 31.9 Å². The molecule has 0 saturated carbocycles. The first-order chi connectivity index (χ1) is 10.7. The number of ether oxygens (including phenoxy) is 2. The summed E-state index contributed by atoms with van der Waals surface area (Å²) in [7, 11) is 0. The zero-order valence-corrected chi connectivity index (χ0v) is 13.9. The number of hydrogen-bond acceptors (Lipinski definition) is 2. The van der Waals surface area contributed by atoms with Gasteiger partial charge in [-0.2, -0.15) is 0 Å². The highest BCUT2D eigenvalue weighted by molar-refractivity contribution is 5.63. The van der Waals surface area contributed by atoms with Crippen LogP contribution in [0.4, 0.5) is 0 Å². The first kappa shape index (κ1) is 17.8. The Morgan fingerprint density at radius 3 is 2.00 bits per heavy atom. The minimum Gasteiger partial charge on any atom is -0.486 e. The lowest BCUT2D eigenvalue weighted by Crippen LogP contribution is -2.15. The Balaban J connectivity index is 0.000000228. The van der Waals surface area contributed by atoms with E-state index in [-0.39, 0.29) is 0 Å². The van der Waals surface area contributed by atoms with Crippen molar-refractivity contribution in [3.8, 4) is 11.5 Å². The number of aryl methyl sites for hydroxylation is 1. The van der Waals surface area contributed by atoms with Crippen LogP contribution < -0.4 is 9.47 Å². The van der Waals surface area contributed by atoms with E-state index in [1.165, 1.54) is 5.56 Å². The highest BCUT2D eigenvalue weighted by Crippen LogP contribution is 2.32. The Morgan fingerprint density at radius 2 is 1.50 bits per heavy atom. The second-order valence-corrected chi connectivity index (χ2v) is 4.70. The Hall–Kier alpha value is -2.22. The normalized spacial score (nSPS) is 11.3. The summed E-state index contributed by atoms with van der Waals surface area (Å²) in [6.07, 6.45) is 0. The Bertz CT molecular complexity index is 574. The largest absolute Gasteiger partial charge is 0.486 e. The van der Waals surface area contributed by atoms with Gasteiger partial charge >= 0.3 is 0 Å². The maximum Gasteiger partial charge on any atom is 0.161 e. The van der Waals surface area contributed by atoms with E-state index in [1.807, 2.05) is 57.2 Å². The molecule has 0 saturated heterocycles. The first-order valence-corrected chi connectivity index (χ1v) is 7.67. The van der Waals surface area contributed by atoms with Crippen molar-refractivity contribution in [3.05, 3.63) is 66.2 Å². The topological polar surface area (TPSA) is 18.5 Å². The van der Waals surface area contributed by atoms with Gasteiger partial charge < -0.3 is 9.47 Å². The second kappa shape index (κ2) is 9.67. The summed E-state index contributed by atoms with van der Waals surface area (Å²) in [6, 6.07) is 16.0. The molecule has 0 atom stereocenters. The molecule has 0 bridgehead atoms. The minimum atomic E-state index is 0.611. The van der Waals surface area contributed by atoms with Gasteiger partial charge in [0.25, 0.3) is 0 Å². The monoisotopic (exact) mass is 297 g/mol. The van der Waals surface area contributed by atoms with Crippen LogP contribution in [0.5, 0.6) is 11.5 Å². The van der Waals surface area contributed by atoms with Gasteiger partial charge in [0, 0.05) is 0 Å². The molecule has 117 valence electrons. The van der Waals surface area contributed by atoms with Crippen LogP contribution in [0.25, 0.3) is 5.57 Å². The standard InChI is InChI=1S/C11H11O2.C7H8.C2H6/c1-8(2)9-3-4-10-11(7-9)13-6-5-12-10;1-7-5-3-2-4-6-7;1-2/h1,3-4,7H,5-6H2,2H3;2-6H,1H3;1-2H3. The zero-order chi connectivity index (χ0) is 16.4. The summed E-state index contributed by atoms with van der Waals surface area (Å²) >= 11 is 0. The maximum absolute atomic E-state index is 5.67. The SMILES string of the molecule is CC.Cc1ccccc1.[CH]=C(C)c1ccc2c(c1)OCCO2. The molecular formula is C20H25O2. The van der Waals surface area contributed by atoms with Crippen molar-refractivity contribution in [2.24, 2.45) is 0 Å². The van der Waals surface area contributed by atoms with Crippen LogP contribution in [-0.2, 0) is 0 Å². The maximum atomic E-state index is 5.67. The Morgan fingerprint density at radius 1 is 0.909 bits per heavy atom. The van der Waals surface area contributed by atoms with E-state index in [0.29, 0.717) is 13.2 Å². The highest BCUT2D eigenvalue weighted by atomic mass is 16.6. The van der Waals surface area contributed by atoms with Crippen molar-refractivity contribution < 1.29 is 9.47 Å². The molecular weight excluding hydrogens is 272 g/mol. The van der Waals surface area contributed by atoms with E-state index >= 15 is 0 Å². The third kappa shape index (κ3) is 5.65. The van der Waals surface area contributed by atoms with E-state index in [0.717, 1.165) is 22.6 Å². The lowest BCUT2D eigenvalue weighted by molar-refractivity contribution is 0.171. The summed E-state index contributed by atoms with van der Waals surface area (Å²) in [4.78, 5) is 0. The van der Waals surface area contributed by atoms with Gasteiger partial charge in [0.05, 0.1) is 0 Å². The lowest BCUT2D eigenvalue weighted by Gasteiger charge is -2.18. The molecule has 1 heterocycles. The molecule has 0 amide bonds. The quantitative estimate of drug-likeness (QED) is 0.709. The number of fused-ring (bicyclic) bond motifs is 1. The van der Waals surface area contributed by atoms with E-state index in [2.05, 4.69) is 19.1 Å². The molecule has 0 spiro atoms. The van der Waals surface area contributed by atoms with Crippen LogP contribution in [0.3, 0.4) is 0 Å². The molecule has 2 aromatic carbocycles. The van der Waals surface area contributed by atoms with Gasteiger partial charge in [-0.25, -0.2) is 0 Å². The van der Waals surface area contributed by atoms with Crippen LogP contribution in [0, 0.1) is 13.5 Å². The molecule has 2 aromatic rings. The second-order valence-electron chi connectivity index (χ2n) is 4.70. The molecule has 0 aromatic heterocycles. The fraction of sp³-hybridized carbons (Fsp3) is 0.300. The van der Waals surface area contributed by atoms with Gasteiger partial charge in [-0.15, -0.1) is 0 Å². The molecule has 2 nitrogen and oxygen atoms in total. The van der Waals surface area contributed by atoms with Gasteiger partial charge in [0.15, 0.2) is 11.5 Å². The zero-order valence-electron chi connectivity index (χ0n) is 13.9. The average Bonchev–Trinajstić information content (AvgIpc) is 2.57. The third-order valence-electron chi connectivity index (χ3n) is 2.94. The van der Waals surface area contributed by atoms with Crippen molar-refractivity contribution in [2.75, 3.05) is 13.2 Å². The van der Waals surface area contributed by atoms with Gasteiger partial charge in [0.1, 0.15) is 13.2 Å². The fourth-order valence-corrected chi connectivity index (χ4v) is 1.82. The summed E-state index contributed by atoms with van der Waals surface area (Å²) < 4.78 is 10.8.